The van der Waals surface area contributed by atoms with Gasteiger partial charge in [-0.05, 0) is 18.2 Å². The van der Waals surface area contributed by atoms with Crippen LogP contribution in [0.4, 0.5) is 0 Å². The zero-order valence-electron chi connectivity index (χ0n) is 7.78. The van der Waals surface area contributed by atoms with Crippen LogP contribution in [0.25, 0.3) is 10.9 Å². The molecule has 0 spiro atoms. The number of halogens is 1. The normalized spacial score (nSPS) is 13.0. The molecule has 1 heterocycles. The Labute approximate surface area is 93.4 Å². The summed E-state index contributed by atoms with van der Waals surface area (Å²) in [6, 6.07) is 4.85. The molecule has 0 saturated carbocycles. The minimum atomic E-state index is -1.40. The standard InChI is InChI=1S/C9H7ClN2O2S/c1-15(14)9-8(13)6-4-5(10)2-3-7(6)11-12-9/h2-4H,1H3,(H,11,13). The van der Waals surface area contributed by atoms with Crippen LogP contribution in [-0.2, 0) is 11.2 Å². The highest BCUT2D eigenvalue weighted by Crippen LogP contribution is 2.15. The average Bonchev–Trinajstić information content (AvgIpc) is 2.19. The number of H-pyrrole nitrogens is 1. The van der Waals surface area contributed by atoms with Crippen LogP contribution in [0.2, 0.25) is 5.02 Å². The largest absolute Gasteiger partial charge is 0.610 e. The van der Waals surface area contributed by atoms with Crippen LogP contribution in [0.1, 0.15) is 0 Å². The lowest BCUT2D eigenvalue weighted by Crippen LogP contribution is -2.17. The first-order valence-corrected chi connectivity index (χ1v) is 6.04. The molecule has 0 saturated heterocycles. The molecule has 78 valence electrons. The number of aromatic amines is 1. The number of nitrogens with one attached hydrogen (secondary N) is 1. The van der Waals surface area contributed by atoms with Gasteiger partial charge in [-0.15, -0.1) is 5.10 Å². The zero-order chi connectivity index (χ0) is 11.0. The van der Waals surface area contributed by atoms with E-state index in [1.165, 1.54) is 12.3 Å². The molecule has 1 unspecified atom stereocenters. The Morgan fingerprint density at radius 3 is 2.93 bits per heavy atom. The van der Waals surface area contributed by atoms with E-state index in [2.05, 4.69) is 10.2 Å². The Kier molecular flexibility index (Phi) is 2.68. The van der Waals surface area contributed by atoms with Gasteiger partial charge < -0.3 is 4.55 Å². The highest BCUT2D eigenvalue weighted by atomic mass is 35.5. The van der Waals surface area contributed by atoms with Gasteiger partial charge in [-0.25, -0.2) is 0 Å². The SMILES string of the molecule is C[S+]([O-])c1n[nH]c2ccc(Cl)cc2c1=O. The van der Waals surface area contributed by atoms with E-state index in [4.69, 9.17) is 11.6 Å². The third-order valence-corrected chi connectivity index (χ3v) is 3.03. The van der Waals surface area contributed by atoms with Gasteiger partial charge in [0.1, 0.15) is 6.26 Å². The first-order valence-electron chi connectivity index (χ1n) is 4.11. The summed E-state index contributed by atoms with van der Waals surface area (Å²) in [5, 5.41) is 7.31. The van der Waals surface area contributed by atoms with Crippen molar-refractivity contribution in [3.05, 3.63) is 33.4 Å². The Bertz CT molecular complexity index is 568. The summed E-state index contributed by atoms with van der Waals surface area (Å²) in [5.74, 6) is 0. The minimum absolute atomic E-state index is 0.0183. The molecule has 1 atom stereocenters. The molecule has 0 aliphatic rings. The van der Waals surface area contributed by atoms with Crippen molar-refractivity contribution >= 4 is 33.7 Å². The van der Waals surface area contributed by atoms with E-state index in [1.54, 1.807) is 12.1 Å². The van der Waals surface area contributed by atoms with E-state index in [0.29, 0.717) is 15.9 Å². The summed E-state index contributed by atoms with van der Waals surface area (Å²) < 4.78 is 11.2. The first-order chi connectivity index (χ1) is 7.09. The molecular weight excluding hydrogens is 236 g/mol. The second-order valence-corrected chi connectivity index (χ2v) is 4.73. The van der Waals surface area contributed by atoms with Gasteiger partial charge in [-0.2, -0.15) is 0 Å². The van der Waals surface area contributed by atoms with E-state index in [0.717, 1.165) is 0 Å². The number of hydrogen-bond acceptors (Lipinski definition) is 3. The number of hydrogen-bond donors (Lipinski definition) is 1. The third-order valence-electron chi connectivity index (χ3n) is 1.97. The monoisotopic (exact) mass is 242 g/mol. The molecule has 2 rings (SSSR count). The Morgan fingerprint density at radius 1 is 1.53 bits per heavy atom. The van der Waals surface area contributed by atoms with E-state index in [1.807, 2.05) is 0 Å². The molecule has 1 aromatic heterocycles. The first kappa shape index (κ1) is 10.5. The van der Waals surface area contributed by atoms with Crippen LogP contribution in [0.15, 0.2) is 28.0 Å². The summed E-state index contributed by atoms with van der Waals surface area (Å²) in [5.41, 5.74) is 0.241. The molecule has 0 fully saturated rings. The number of nitrogens with zero attached hydrogens (tertiary/aromatic N) is 1. The maximum absolute atomic E-state index is 11.8. The van der Waals surface area contributed by atoms with E-state index < -0.39 is 11.2 Å². The van der Waals surface area contributed by atoms with Crippen molar-refractivity contribution in [1.82, 2.24) is 10.2 Å². The van der Waals surface area contributed by atoms with Crippen LogP contribution in [0.5, 0.6) is 0 Å². The molecule has 6 heteroatoms. The van der Waals surface area contributed by atoms with Crippen LogP contribution < -0.4 is 5.43 Å². The van der Waals surface area contributed by atoms with Crippen molar-refractivity contribution in [1.29, 1.82) is 0 Å². The number of aromatic nitrogens is 2. The van der Waals surface area contributed by atoms with Crippen LogP contribution in [-0.4, -0.2) is 21.0 Å². The molecule has 1 N–H and O–H groups in total. The van der Waals surface area contributed by atoms with E-state index >= 15 is 0 Å². The zero-order valence-corrected chi connectivity index (χ0v) is 9.35. The maximum atomic E-state index is 11.8. The summed E-state index contributed by atoms with van der Waals surface area (Å²) in [4.78, 5) is 11.8. The molecule has 0 aliphatic carbocycles. The molecule has 2 aromatic rings. The van der Waals surface area contributed by atoms with Crippen LogP contribution in [0, 0.1) is 0 Å². The third kappa shape index (κ3) is 1.86. The Balaban J connectivity index is 2.83. The fourth-order valence-corrected chi connectivity index (χ4v) is 1.99. The summed E-state index contributed by atoms with van der Waals surface area (Å²) in [6.07, 6.45) is 1.41. The molecular formula is C9H7ClN2O2S. The molecule has 1 aromatic carbocycles. The summed E-state index contributed by atoms with van der Waals surface area (Å²) in [6.45, 7) is 0. The van der Waals surface area contributed by atoms with Gasteiger partial charge in [0.2, 0.25) is 0 Å². The minimum Gasteiger partial charge on any atom is -0.610 e. The van der Waals surface area contributed by atoms with E-state index in [9.17, 15) is 9.35 Å². The molecule has 0 radical (unpaired) electrons. The number of benzene rings is 1. The van der Waals surface area contributed by atoms with Crippen molar-refractivity contribution in [2.45, 2.75) is 5.03 Å². The molecule has 0 bridgehead atoms. The van der Waals surface area contributed by atoms with Crippen molar-refractivity contribution in [3.63, 3.8) is 0 Å². The lowest BCUT2D eigenvalue weighted by molar-refractivity contribution is 0.594. The topological polar surface area (TPSA) is 68.8 Å². The smallest absolute Gasteiger partial charge is 0.309 e. The van der Waals surface area contributed by atoms with Crippen molar-refractivity contribution in [2.24, 2.45) is 0 Å². The van der Waals surface area contributed by atoms with E-state index in [-0.39, 0.29) is 10.5 Å². The number of rotatable bonds is 1. The van der Waals surface area contributed by atoms with Gasteiger partial charge in [0, 0.05) is 16.2 Å². The second kappa shape index (κ2) is 3.84. The fourth-order valence-electron chi connectivity index (χ4n) is 1.27. The molecule has 0 amide bonds. The lowest BCUT2D eigenvalue weighted by atomic mass is 10.2. The van der Waals surface area contributed by atoms with Crippen molar-refractivity contribution in [2.75, 3.05) is 6.26 Å². The lowest BCUT2D eigenvalue weighted by Gasteiger charge is -2.03. The highest BCUT2D eigenvalue weighted by molar-refractivity contribution is 7.90. The fraction of sp³-hybridized carbons (Fsp3) is 0.111. The molecule has 4 nitrogen and oxygen atoms in total. The predicted molar refractivity (Wildman–Crippen MR) is 59.7 cm³/mol. The Hall–Kier alpha value is -1.04. The molecule has 15 heavy (non-hydrogen) atoms. The van der Waals surface area contributed by atoms with Crippen LogP contribution in [0.3, 0.4) is 0 Å². The second-order valence-electron chi connectivity index (χ2n) is 3.00. The van der Waals surface area contributed by atoms with Crippen molar-refractivity contribution < 1.29 is 4.55 Å². The number of fused-ring (bicyclic) bond motifs is 1. The predicted octanol–water partition coefficient (Wildman–Crippen LogP) is 1.31. The van der Waals surface area contributed by atoms with Gasteiger partial charge in [0.05, 0.1) is 10.9 Å². The summed E-state index contributed by atoms with van der Waals surface area (Å²) in [7, 11) is 0. The van der Waals surface area contributed by atoms with Gasteiger partial charge in [-0.1, -0.05) is 11.6 Å². The molecule has 0 aliphatic heterocycles. The van der Waals surface area contributed by atoms with Crippen LogP contribution >= 0.6 is 11.6 Å². The average molecular weight is 243 g/mol. The Morgan fingerprint density at radius 2 is 2.27 bits per heavy atom. The maximum Gasteiger partial charge on any atom is 0.309 e. The van der Waals surface area contributed by atoms with Crippen molar-refractivity contribution in [3.8, 4) is 0 Å². The van der Waals surface area contributed by atoms with Gasteiger partial charge in [-0.3, -0.25) is 9.89 Å². The highest BCUT2D eigenvalue weighted by Gasteiger charge is 2.15. The van der Waals surface area contributed by atoms with Gasteiger partial charge in [0.15, 0.2) is 0 Å². The van der Waals surface area contributed by atoms with Gasteiger partial charge >= 0.3 is 5.03 Å². The van der Waals surface area contributed by atoms with Gasteiger partial charge in [0.25, 0.3) is 5.43 Å². The summed E-state index contributed by atoms with van der Waals surface area (Å²) >= 11 is 4.37. The quantitative estimate of drug-likeness (QED) is 0.767.